The van der Waals surface area contributed by atoms with E-state index in [2.05, 4.69) is 24.1 Å². The van der Waals surface area contributed by atoms with Gasteiger partial charge in [-0.05, 0) is 18.3 Å². The van der Waals surface area contributed by atoms with E-state index < -0.39 is 11.9 Å². The molecule has 1 aromatic rings. The fourth-order valence-electron chi connectivity index (χ4n) is 3.34. The van der Waals surface area contributed by atoms with E-state index in [9.17, 15) is 4.79 Å². The number of amides is 1. The molecule has 1 saturated heterocycles. The van der Waals surface area contributed by atoms with E-state index in [1.54, 1.807) is 32.4 Å². The molecule has 0 saturated carbocycles. The molecule has 1 aliphatic heterocycles. The lowest BCUT2D eigenvalue weighted by molar-refractivity contribution is -0.159. The molecule has 1 fully saturated rings. The second-order valence-electron chi connectivity index (χ2n) is 7.22. The first kappa shape index (κ1) is 24.2. The Balaban J connectivity index is 0.000000612. The van der Waals surface area contributed by atoms with E-state index in [1.165, 1.54) is 6.42 Å². The highest BCUT2D eigenvalue weighted by molar-refractivity contribution is 6.27. The smallest absolute Gasteiger partial charge is 0.414 e. The molecule has 2 rings (SSSR count). The van der Waals surface area contributed by atoms with Crippen LogP contribution in [0.2, 0.25) is 0 Å². The molecule has 0 aliphatic carbocycles. The minimum atomic E-state index is -1.82. The van der Waals surface area contributed by atoms with Gasteiger partial charge in [0.05, 0.1) is 14.2 Å². The highest BCUT2D eigenvalue weighted by Crippen LogP contribution is 2.26. The maximum Gasteiger partial charge on any atom is 0.414 e. The second kappa shape index (κ2) is 11.9. The van der Waals surface area contributed by atoms with Crippen molar-refractivity contribution in [1.29, 1.82) is 0 Å². The number of carbonyl (C=O) groups excluding carboxylic acids is 1. The summed E-state index contributed by atoms with van der Waals surface area (Å²) >= 11 is 0. The Morgan fingerprint density at radius 2 is 1.48 bits per heavy atom. The minimum Gasteiger partial charge on any atom is -0.497 e. The zero-order valence-corrected chi connectivity index (χ0v) is 17.3. The number of carboxylic acid groups (broad SMARTS) is 2. The number of hydrogen-bond donors (Lipinski definition) is 3. The van der Waals surface area contributed by atoms with Crippen molar-refractivity contribution >= 4 is 23.5 Å². The number of nitrogens with zero attached hydrogens (tertiary/aromatic N) is 1. The van der Waals surface area contributed by atoms with Crippen LogP contribution >= 0.6 is 0 Å². The fraction of sp³-hybridized carbons (Fsp3) is 0.550. The molecule has 29 heavy (non-hydrogen) atoms. The lowest BCUT2D eigenvalue weighted by Gasteiger charge is -2.34. The third kappa shape index (κ3) is 9.29. The SMILES string of the molecule is COc1cc(NC(=O)CCN2CC(C)CC(C)C2)cc(OC)c1.O=C(O)C(=O)O. The molecule has 9 heteroatoms. The number of anilines is 1. The molecule has 1 amide bonds. The van der Waals surface area contributed by atoms with Gasteiger partial charge in [-0.2, -0.15) is 0 Å². The number of ether oxygens (including phenoxy) is 2. The summed E-state index contributed by atoms with van der Waals surface area (Å²) in [6, 6.07) is 5.38. The molecular weight excluding hydrogens is 380 g/mol. The summed E-state index contributed by atoms with van der Waals surface area (Å²) in [7, 11) is 3.19. The van der Waals surface area contributed by atoms with Crippen LogP contribution in [0, 0.1) is 11.8 Å². The Labute approximate surface area is 170 Å². The Morgan fingerprint density at radius 3 is 1.90 bits per heavy atom. The maximum absolute atomic E-state index is 12.2. The summed E-state index contributed by atoms with van der Waals surface area (Å²) in [6.07, 6.45) is 1.78. The first-order valence-corrected chi connectivity index (χ1v) is 9.36. The predicted octanol–water partition coefficient (Wildman–Crippen LogP) is 2.17. The van der Waals surface area contributed by atoms with E-state index >= 15 is 0 Å². The van der Waals surface area contributed by atoms with Gasteiger partial charge < -0.3 is 29.9 Å². The van der Waals surface area contributed by atoms with Crippen LogP contribution in [0.3, 0.4) is 0 Å². The number of carboxylic acids is 2. The van der Waals surface area contributed by atoms with Gasteiger partial charge in [-0.1, -0.05) is 13.8 Å². The molecule has 0 spiro atoms. The molecule has 1 aliphatic rings. The first-order chi connectivity index (χ1) is 13.6. The van der Waals surface area contributed by atoms with Crippen molar-refractivity contribution in [2.24, 2.45) is 11.8 Å². The lowest BCUT2D eigenvalue weighted by Crippen LogP contribution is -2.40. The molecule has 0 bridgehead atoms. The molecule has 0 radical (unpaired) electrons. The van der Waals surface area contributed by atoms with Crippen LogP contribution in [0.5, 0.6) is 11.5 Å². The van der Waals surface area contributed by atoms with Gasteiger partial charge in [-0.15, -0.1) is 0 Å². The highest BCUT2D eigenvalue weighted by atomic mass is 16.5. The van der Waals surface area contributed by atoms with Gasteiger partial charge in [0.25, 0.3) is 0 Å². The average Bonchev–Trinajstić information content (AvgIpc) is 2.65. The molecule has 1 heterocycles. The van der Waals surface area contributed by atoms with Crippen molar-refractivity contribution in [3.8, 4) is 11.5 Å². The van der Waals surface area contributed by atoms with E-state index in [4.69, 9.17) is 29.3 Å². The number of benzene rings is 1. The van der Waals surface area contributed by atoms with Crippen LogP contribution in [-0.4, -0.2) is 66.8 Å². The summed E-state index contributed by atoms with van der Waals surface area (Å²) in [5.41, 5.74) is 0.701. The van der Waals surface area contributed by atoms with Crippen LogP contribution in [0.4, 0.5) is 5.69 Å². The van der Waals surface area contributed by atoms with Crippen molar-refractivity contribution in [2.75, 3.05) is 39.2 Å². The van der Waals surface area contributed by atoms with E-state index in [0.29, 0.717) is 35.4 Å². The van der Waals surface area contributed by atoms with Crippen LogP contribution in [0.1, 0.15) is 26.7 Å². The van der Waals surface area contributed by atoms with Gasteiger partial charge in [-0.25, -0.2) is 9.59 Å². The van der Waals surface area contributed by atoms with Gasteiger partial charge in [0.1, 0.15) is 11.5 Å². The fourth-order valence-corrected chi connectivity index (χ4v) is 3.34. The Hall–Kier alpha value is -2.81. The Morgan fingerprint density at radius 1 is 1.00 bits per heavy atom. The number of aliphatic carboxylic acids is 2. The number of likely N-dealkylation sites (tertiary alicyclic amines) is 1. The molecule has 0 aromatic heterocycles. The highest BCUT2D eigenvalue weighted by Gasteiger charge is 2.21. The van der Waals surface area contributed by atoms with Gasteiger partial charge >= 0.3 is 11.9 Å². The maximum atomic E-state index is 12.2. The molecule has 2 unspecified atom stereocenters. The standard InChI is InChI=1S/C18H28N2O3.C2H2O4/c1-13-7-14(2)12-20(11-13)6-5-18(21)19-15-8-16(22-3)10-17(9-15)23-4;3-1(4)2(5)6/h8-10,13-14H,5-7,11-12H2,1-4H3,(H,19,21);(H,3,4)(H,5,6). The zero-order chi connectivity index (χ0) is 22.0. The third-order valence-corrected chi connectivity index (χ3v) is 4.42. The topological polar surface area (TPSA) is 125 Å². The van der Waals surface area contributed by atoms with Gasteiger partial charge in [0.2, 0.25) is 5.91 Å². The predicted molar refractivity (Wildman–Crippen MR) is 107 cm³/mol. The van der Waals surface area contributed by atoms with Crippen LogP contribution in [0.25, 0.3) is 0 Å². The lowest BCUT2D eigenvalue weighted by atomic mass is 9.92. The number of nitrogens with one attached hydrogen (secondary N) is 1. The summed E-state index contributed by atoms with van der Waals surface area (Å²) in [5, 5.41) is 17.7. The number of hydrogen-bond acceptors (Lipinski definition) is 6. The van der Waals surface area contributed by atoms with E-state index in [1.807, 2.05) is 0 Å². The molecule has 1 aromatic carbocycles. The summed E-state index contributed by atoms with van der Waals surface area (Å²) < 4.78 is 10.4. The number of piperidine rings is 1. The zero-order valence-electron chi connectivity index (χ0n) is 17.3. The van der Waals surface area contributed by atoms with Crippen molar-refractivity contribution in [3.05, 3.63) is 18.2 Å². The summed E-state index contributed by atoms with van der Waals surface area (Å²) in [4.78, 5) is 32.8. The quantitative estimate of drug-likeness (QED) is 0.609. The first-order valence-electron chi connectivity index (χ1n) is 9.36. The number of methoxy groups -OCH3 is 2. The largest absolute Gasteiger partial charge is 0.497 e. The normalized spacial score (nSPS) is 18.8. The van der Waals surface area contributed by atoms with Gasteiger partial charge in [0, 0.05) is 49.9 Å². The monoisotopic (exact) mass is 410 g/mol. The van der Waals surface area contributed by atoms with Crippen molar-refractivity contribution in [2.45, 2.75) is 26.7 Å². The average molecular weight is 410 g/mol. The number of carbonyl (C=O) groups is 3. The van der Waals surface area contributed by atoms with Crippen LogP contribution in [0.15, 0.2) is 18.2 Å². The van der Waals surface area contributed by atoms with Gasteiger partial charge in [0.15, 0.2) is 0 Å². The van der Waals surface area contributed by atoms with Crippen LogP contribution in [-0.2, 0) is 14.4 Å². The van der Waals surface area contributed by atoms with Crippen molar-refractivity contribution < 1.29 is 34.1 Å². The molecule has 9 nitrogen and oxygen atoms in total. The van der Waals surface area contributed by atoms with Crippen molar-refractivity contribution in [3.63, 3.8) is 0 Å². The Bertz CT molecular complexity index is 664. The molecule has 162 valence electrons. The second-order valence-corrected chi connectivity index (χ2v) is 7.22. The molecular formula is C20H30N2O7. The Kier molecular flexibility index (Phi) is 9.94. The molecule has 2 atom stereocenters. The molecule has 3 N–H and O–H groups in total. The van der Waals surface area contributed by atoms with E-state index in [-0.39, 0.29) is 5.91 Å². The van der Waals surface area contributed by atoms with E-state index in [0.717, 1.165) is 19.6 Å². The minimum absolute atomic E-state index is 0.0196. The van der Waals surface area contributed by atoms with Gasteiger partial charge in [-0.3, -0.25) is 4.79 Å². The summed E-state index contributed by atoms with van der Waals surface area (Å²) in [6.45, 7) is 7.55. The number of rotatable bonds is 6. The van der Waals surface area contributed by atoms with Crippen LogP contribution < -0.4 is 14.8 Å². The van der Waals surface area contributed by atoms with Crippen molar-refractivity contribution in [1.82, 2.24) is 4.90 Å². The summed E-state index contributed by atoms with van der Waals surface area (Å²) in [5.74, 6) is -0.873. The third-order valence-electron chi connectivity index (χ3n) is 4.42.